The molecular weight excluding hydrogens is 527 g/mol. The van der Waals surface area contributed by atoms with Crippen LogP contribution in [0.25, 0.3) is 60.9 Å². The molecule has 0 fully saturated rings. The van der Waals surface area contributed by atoms with Crippen molar-refractivity contribution in [2.75, 3.05) is 0 Å². The van der Waals surface area contributed by atoms with Crippen LogP contribution >= 0.6 is 0 Å². The zero-order chi connectivity index (χ0) is 28.4. The summed E-state index contributed by atoms with van der Waals surface area (Å²) in [5.41, 5.74) is 11.2. The molecule has 0 amide bonds. The maximum absolute atomic E-state index is 9.33. The maximum Gasteiger partial charge on any atom is 0.141 e. The molecule has 5 aromatic carbocycles. The second-order valence-corrected chi connectivity index (χ2v) is 15.9. The Morgan fingerprint density at radius 3 is 2.19 bits per heavy atom. The van der Waals surface area contributed by atoms with Crippen molar-refractivity contribution in [3.63, 3.8) is 0 Å². The van der Waals surface area contributed by atoms with Gasteiger partial charge in [-0.05, 0) is 86.2 Å². The molecule has 8 rings (SSSR count). The number of benzene rings is 5. The van der Waals surface area contributed by atoms with Crippen molar-refractivity contribution in [1.29, 1.82) is 5.26 Å². The Kier molecular flexibility index (Phi) is 5.34. The first-order valence-corrected chi connectivity index (χ1v) is 17.3. The van der Waals surface area contributed by atoms with Gasteiger partial charge >= 0.3 is 0 Å². The highest BCUT2D eigenvalue weighted by molar-refractivity contribution is 7.05. The van der Waals surface area contributed by atoms with Gasteiger partial charge < -0.3 is 4.57 Å². The Balaban J connectivity index is 1.33. The molecule has 7 aromatic rings. The van der Waals surface area contributed by atoms with Gasteiger partial charge in [0, 0.05) is 22.7 Å². The van der Waals surface area contributed by atoms with Gasteiger partial charge in [0.15, 0.2) is 0 Å². The molecular formula is C38H27N3Si. The number of pyridine rings is 1. The zero-order valence-corrected chi connectivity index (χ0v) is 24.5. The number of hydrogen-bond donors (Lipinski definition) is 0. The number of fused-ring (bicyclic) bond motifs is 7. The van der Waals surface area contributed by atoms with Crippen molar-refractivity contribution < 1.29 is 0 Å². The van der Waals surface area contributed by atoms with Gasteiger partial charge in [0.2, 0.25) is 0 Å². The van der Waals surface area contributed by atoms with Crippen LogP contribution in [0.2, 0.25) is 13.1 Å². The first kappa shape index (κ1) is 24.5. The number of nitrogens with zero attached hydrogens (tertiary/aromatic N) is 3. The van der Waals surface area contributed by atoms with Crippen molar-refractivity contribution >= 4 is 40.3 Å². The topological polar surface area (TPSA) is 41.6 Å². The third-order valence-corrected chi connectivity index (χ3v) is 12.4. The van der Waals surface area contributed by atoms with Crippen molar-refractivity contribution in [2.45, 2.75) is 13.1 Å². The molecule has 2 aromatic heterocycles. The van der Waals surface area contributed by atoms with E-state index in [1.165, 1.54) is 38.1 Å². The summed E-state index contributed by atoms with van der Waals surface area (Å²) in [6.45, 7) is 5.00. The van der Waals surface area contributed by atoms with E-state index in [4.69, 9.17) is 0 Å². The largest absolute Gasteiger partial charge is 0.309 e. The van der Waals surface area contributed by atoms with Gasteiger partial charge in [-0.3, -0.25) is 0 Å². The molecule has 198 valence electrons. The summed E-state index contributed by atoms with van der Waals surface area (Å²) < 4.78 is 2.44. The minimum absolute atomic E-state index is 0.423. The molecule has 1 aliphatic rings. The second-order valence-electron chi connectivity index (χ2n) is 11.6. The van der Waals surface area contributed by atoms with E-state index in [9.17, 15) is 5.26 Å². The van der Waals surface area contributed by atoms with E-state index in [2.05, 4.69) is 138 Å². The standard InChI is InChI=1S/C38H27N3Si/c1-42(2)36-16-6-4-13-31(36)32-17-18-35-37(38(32)42)33-14-3-5-15-34(33)41(35)30-12-8-11-27(23-30)25-9-7-10-26(21-25)28-19-20-40-29(22-28)24-39/h3-23H,1-2H3. The maximum atomic E-state index is 9.33. The van der Waals surface area contributed by atoms with E-state index in [0.717, 1.165) is 27.9 Å². The van der Waals surface area contributed by atoms with Gasteiger partial charge in [0.1, 0.15) is 19.8 Å². The smallest absolute Gasteiger partial charge is 0.141 e. The average molecular weight is 554 g/mol. The lowest BCUT2D eigenvalue weighted by atomic mass is 9.99. The number of rotatable bonds is 3. The lowest BCUT2D eigenvalue weighted by Crippen LogP contribution is -2.49. The summed E-state index contributed by atoms with van der Waals surface area (Å²) in [5.74, 6) is 0. The lowest BCUT2D eigenvalue weighted by Gasteiger charge is -2.20. The fourth-order valence-corrected chi connectivity index (χ4v) is 10.4. The van der Waals surface area contributed by atoms with Crippen molar-refractivity contribution in [3.8, 4) is 45.1 Å². The van der Waals surface area contributed by atoms with Crippen LogP contribution in [0, 0.1) is 11.3 Å². The van der Waals surface area contributed by atoms with Gasteiger partial charge in [0.25, 0.3) is 0 Å². The van der Waals surface area contributed by atoms with E-state index in [0.29, 0.717) is 5.69 Å². The summed E-state index contributed by atoms with van der Waals surface area (Å²) in [4.78, 5) is 4.13. The molecule has 0 spiro atoms. The molecule has 0 unspecified atom stereocenters. The SMILES string of the molecule is C[Si]1(C)c2ccccc2-c2ccc3c(c21)c1ccccc1n3-c1cccc(-c2cccc(-c3ccnc(C#N)c3)c2)c1. The molecule has 0 saturated carbocycles. The summed E-state index contributed by atoms with van der Waals surface area (Å²) in [6.07, 6.45) is 1.70. The summed E-state index contributed by atoms with van der Waals surface area (Å²) in [5, 5.41) is 15.1. The van der Waals surface area contributed by atoms with Crippen LogP contribution < -0.4 is 10.4 Å². The van der Waals surface area contributed by atoms with Gasteiger partial charge in [-0.15, -0.1) is 0 Å². The van der Waals surface area contributed by atoms with E-state index in [1.54, 1.807) is 11.4 Å². The van der Waals surface area contributed by atoms with Crippen LogP contribution in [-0.4, -0.2) is 17.6 Å². The molecule has 3 nitrogen and oxygen atoms in total. The average Bonchev–Trinajstić information content (AvgIpc) is 3.50. The van der Waals surface area contributed by atoms with Crippen LogP contribution in [0.15, 0.2) is 128 Å². The predicted molar refractivity (Wildman–Crippen MR) is 176 cm³/mol. The molecule has 0 radical (unpaired) electrons. The molecule has 0 N–H and O–H groups in total. The Bertz CT molecular complexity index is 2250. The molecule has 3 heterocycles. The van der Waals surface area contributed by atoms with E-state index in [1.807, 2.05) is 12.1 Å². The highest BCUT2D eigenvalue weighted by Gasteiger charge is 2.39. The van der Waals surface area contributed by atoms with Crippen LogP contribution in [0.1, 0.15) is 5.69 Å². The van der Waals surface area contributed by atoms with Crippen LogP contribution in [0.3, 0.4) is 0 Å². The Hall–Kier alpha value is -5.24. The summed E-state index contributed by atoms with van der Waals surface area (Å²) >= 11 is 0. The highest BCUT2D eigenvalue weighted by atomic mass is 28.3. The first-order valence-electron chi connectivity index (χ1n) is 14.3. The van der Waals surface area contributed by atoms with Crippen molar-refractivity contribution in [1.82, 2.24) is 9.55 Å². The molecule has 0 saturated heterocycles. The van der Waals surface area contributed by atoms with E-state index >= 15 is 0 Å². The van der Waals surface area contributed by atoms with Crippen LogP contribution in [0.5, 0.6) is 0 Å². The third-order valence-electron chi connectivity index (χ3n) is 8.86. The van der Waals surface area contributed by atoms with E-state index in [-0.39, 0.29) is 0 Å². The number of nitriles is 1. The number of para-hydroxylation sites is 1. The highest BCUT2D eigenvalue weighted by Crippen LogP contribution is 2.38. The Labute approximate surface area is 246 Å². The van der Waals surface area contributed by atoms with Crippen molar-refractivity contribution in [2.24, 2.45) is 0 Å². The second kappa shape index (κ2) is 9.14. The fraction of sp³-hybridized carbons (Fsp3) is 0.0526. The summed E-state index contributed by atoms with van der Waals surface area (Å²) in [6, 6.07) is 45.8. The Morgan fingerprint density at radius 1 is 0.643 bits per heavy atom. The van der Waals surface area contributed by atoms with Crippen LogP contribution in [-0.2, 0) is 0 Å². The first-order chi connectivity index (χ1) is 20.5. The number of hydrogen-bond acceptors (Lipinski definition) is 2. The molecule has 1 aliphatic heterocycles. The Morgan fingerprint density at radius 2 is 1.36 bits per heavy atom. The zero-order valence-electron chi connectivity index (χ0n) is 23.5. The monoisotopic (exact) mass is 553 g/mol. The van der Waals surface area contributed by atoms with Gasteiger partial charge in [0.05, 0.1) is 11.0 Å². The molecule has 42 heavy (non-hydrogen) atoms. The predicted octanol–water partition coefficient (Wildman–Crippen LogP) is 8.19. The van der Waals surface area contributed by atoms with Gasteiger partial charge in [-0.2, -0.15) is 5.26 Å². The van der Waals surface area contributed by atoms with Gasteiger partial charge in [-0.1, -0.05) is 92.0 Å². The molecule has 0 aliphatic carbocycles. The molecule has 4 heteroatoms. The minimum Gasteiger partial charge on any atom is -0.309 e. The summed E-state index contributed by atoms with van der Waals surface area (Å²) in [7, 11) is -1.90. The fourth-order valence-electron chi connectivity index (χ4n) is 6.98. The quantitative estimate of drug-likeness (QED) is 0.207. The lowest BCUT2D eigenvalue weighted by molar-refractivity contribution is 1.18. The van der Waals surface area contributed by atoms with Crippen molar-refractivity contribution in [3.05, 3.63) is 133 Å². The number of aromatic nitrogens is 2. The minimum atomic E-state index is -1.90. The third kappa shape index (κ3) is 3.54. The molecule has 0 atom stereocenters. The van der Waals surface area contributed by atoms with E-state index < -0.39 is 8.07 Å². The molecule has 0 bridgehead atoms. The normalized spacial score (nSPS) is 13.2. The van der Waals surface area contributed by atoms with Gasteiger partial charge in [-0.25, -0.2) is 4.98 Å². The van der Waals surface area contributed by atoms with Crippen LogP contribution in [0.4, 0.5) is 0 Å².